The van der Waals surface area contributed by atoms with E-state index >= 15 is 0 Å². The van der Waals surface area contributed by atoms with Gasteiger partial charge in [-0.3, -0.25) is 14.9 Å². The predicted octanol–water partition coefficient (Wildman–Crippen LogP) is 1.57. The highest BCUT2D eigenvalue weighted by Crippen LogP contribution is 2.28. The third-order valence-corrected chi connectivity index (χ3v) is 4.78. The fourth-order valence-electron chi connectivity index (χ4n) is 2.84. The maximum atomic E-state index is 12.3. The first-order chi connectivity index (χ1) is 11.4. The maximum absolute atomic E-state index is 12.3. The van der Waals surface area contributed by atoms with E-state index < -0.39 is 11.6 Å². The fraction of sp³-hybridized carbons (Fsp3) is 0.400. The van der Waals surface area contributed by atoms with Gasteiger partial charge in [0.1, 0.15) is 11.3 Å². The lowest BCUT2D eigenvalue weighted by Crippen LogP contribution is -2.56. The van der Waals surface area contributed by atoms with Crippen molar-refractivity contribution in [3.8, 4) is 5.75 Å². The van der Waals surface area contributed by atoms with Crippen LogP contribution in [0.25, 0.3) is 0 Å². The quantitative estimate of drug-likeness (QED) is 0.789. The number of piperidine rings is 1. The molecule has 2 heterocycles. The number of carbonyl (C=O) groups is 3. The summed E-state index contributed by atoms with van der Waals surface area (Å²) in [5.74, 6) is -0.208. The van der Waals surface area contributed by atoms with E-state index in [2.05, 4.69) is 10.6 Å². The Kier molecular flexibility index (Phi) is 4.56. The summed E-state index contributed by atoms with van der Waals surface area (Å²) in [5, 5.41) is 5.72. The number of likely N-dealkylation sites (tertiary alicyclic amines) is 1. The van der Waals surface area contributed by atoms with E-state index in [-0.39, 0.29) is 18.4 Å². The Morgan fingerprint density at radius 3 is 2.58 bits per heavy atom. The van der Waals surface area contributed by atoms with E-state index in [1.807, 2.05) is 0 Å². The van der Waals surface area contributed by atoms with Crippen LogP contribution in [0.4, 0.5) is 4.79 Å². The molecule has 0 aromatic heterocycles. The fourth-order valence-corrected chi connectivity index (χ4v) is 3.17. The molecule has 1 spiro atoms. The van der Waals surface area contributed by atoms with E-state index in [1.165, 1.54) is 0 Å². The van der Waals surface area contributed by atoms with Gasteiger partial charge in [-0.05, 0) is 25.0 Å². The molecular formula is C15H15Cl2N3O4. The van der Waals surface area contributed by atoms with Gasteiger partial charge in [-0.1, -0.05) is 23.2 Å². The average molecular weight is 372 g/mol. The lowest BCUT2D eigenvalue weighted by molar-refractivity contribution is -0.137. The topological polar surface area (TPSA) is 87.7 Å². The van der Waals surface area contributed by atoms with E-state index in [1.54, 1.807) is 23.1 Å². The molecule has 0 aliphatic carbocycles. The molecule has 4 amide bonds. The minimum Gasteiger partial charge on any atom is -0.482 e. The molecular weight excluding hydrogens is 357 g/mol. The summed E-state index contributed by atoms with van der Waals surface area (Å²) in [5.41, 5.74) is -0.898. The van der Waals surface area contributed by atoms with Gasteiger partial charge in [-0.2, -0.15) is 0 Å². The third-order valence-electron chi connectivity index (χ3n) is 4.23. The number of halogens is 2. The molecule has 1 aromatic carbocycles. The number of amides is 4. The molecule has 128 valence electrons. The molecule has 2 saturated heterocycles. The van der Waals surface area contributed by atoms with Gasteiger partial charge < -0.3 is 15.0 Å². The van der Waals surface area contributed by atoms with Crippen LogP contribution in [0.15, 0.2) is 18.2 Å². The maximum Gasteiger partial charge on any atom is 0.322 e. The van der Waals surface area contributed by atoms with Crippen LogP contribution in [0.2, 0.25) is 10.0 Å². The number of urea groups is 1. The average Bonchev–Trinajstić information content (AvgIpc) is 2.82. The molecule has 0 radical (unpaired) electrons. The second-order valence-electron chi connectivity index (χ2n) is 5.73. The Balaban J connectivity index is 1.55. The van der Waals surface area contributed by atoms with Crippen molar-refractivity contribution in [2.24, 2.45) is 0 Å². The van der Waals surface area contributed by atoms with Crippen LogP contribution in [0.5, 0.6) is 5.75 Å². The van der Waals surface area contributed by atoms with Gasteiger partial charge >= 0.3 is 6.03 Å². The summed E-state index contributed by atoms with van der Waals surface area (Å²) < 4.78 is 5.43. The van der Waals surface area contributed by atoms with Crippen LogP contribution in [-0.2, 0) is 9.59 Å². The smallest absolute Gasteiger partial charge is 0.322 e. The third kappa shape index (κ3) is 3.27. The van der Waals surface area contributed by atoms with Gasteiger partial charge in [-0.15, -0.1) is 0 Å². The van der Waals surface area contributed by atoms with Crippen molar-refractivity contribution in [2.75, 3.05) is 19.7 Å². The zero-order valence-electron chi connectivity index (χ0n) is 12.6. The molecule has 2 aliphatic rings. The second kappa shape index (κ2) is 6.49. The Morgan fingerprint density at radius 1 is 1.25 bits per heavy atom. The first-order valence-electron chi connectivity index (χ1n) is 7.39. The van der Waals surface area contributed by atoms with Gasteiger partial charge in [0, 0.05) is 24.2 Å². The van der Waals surface area contributed by atoms with Crippen molar-refractivity contribution >= 4 is 41.0 Å². The van der Waals surface area contributed by atoms with Crippen LogP contribution < -0.4 is 15.4 Å². The number of carbonyl (C=O) groups excluding carboxylic acids is 3. The molecule has 7 nitrogen and oxygen atoms in total. The number of nitrogens with one attached hydrogen (secondary N) is 2. The van der Waals surface area contributed by atoms with E-state index in [0.29, 0.717) is 41.7 Å². The normalized spacial score (nSPS) is 19.2. The molecule has 2 fully saturated rings. The zero-order chi connectivity index (χ0) is 17.3. The van der Waals surface area contributed by atoms with E-state index in [0.717, 1.165) is 0 Å². The number of hydrogen-bond donors (Lipinski definition) is 2. The number of rotatable bonds is 3. The number of hydrogen-bond acceptors (Lipinski definition) is 4. The summed E-state index contributed by atoms with van der Waals surface area (Å²) in [6.45, 7) is 0.546. The Hall–Kier alpha value is -1.99. The molecule has 24 heavy (non-hydrogen) atoms. The molecule has 1 aromatic rings. The first kappa shape index (κ1) is 16.9. The van der Waals surface area contributed by atoms with E-state index in [9.17, 15) is 14.4 Å². The standard InChI is InChI=1S/C15H15Cl2N3O4/c16-9-1-2-10(17)11(7-9)24-8-12(21)20-5-3-15(4-6-20)13(22)18-14(23)19-15/h1-2,7H,3-6,8H2,(H2,18,19,22,23). The number of imide groups is 1. The lowest BCUT2D eigenvalue weighted by Gasteiger charge is -2.36. The van der Waals surface area contributed by atoms with Crippen LogP contribution >= 0.6 is 23.2 Å². The minimum absolute atomic E-state index is 0.175. The predicted molar refractivity (Wildman–Crippen MR) is 87.2 cm³/mol. The van der Waals surface area contributed by atoms with Crippen molar-refractivity contribution < 1.29 is 19.1 Å². The minimum atomic E-state index is -0.898. The highest BCUT2D eigenvalue weighted by Gasteiger charge is 2.48. The van der Waals surface area contributed by atoms with Crippen LogP contribution in [0.3, 0.4) is 0 Å². The van der Waals surface area contributed by atoms with Gasteiger partial charge in [0.2, 0.25) is 0 Å². The van der Waals surface area contributed by atoms with Gasteiger partial charge in [-0.25, -0.2) is 4.79 Å². The summed E-state index contributed by atoms with van der Waals surface area (Å²) in [6.07, 6.45) is 0.739. The van der Waals surface area contributed by atoms with Crippen molar-refractivity contribution in [3.05, 3.63) is 28.2 Å². The van der Waals surface area contributed by atoms with Crippen molar-refractivity contribution in [1.29, 1.82) is 0 Å². The summed E-state index contributed by atoms with van der Waals surface area (Å²) in [6, 6.07) is 4.28. The van der Waals surface area contributed by atoms with E-state index in [4.69, 9.17) is 27.9 Å². The number of benzene rings is 1. The molecule has 0 unspecified atom stereocenters. The number of ether oxygens (including phenoxy) is 1. The summed E-state index contributed by atoms with van der Waals surface area (Å²) in [4.78, 5) is 37.0. The molecule has 2 aliphatic heterocycles. The molecule has 0 saturated carbocycles. The van der Waals surface area contributed by atoms with Crippen molar-refractivity contribution in [2.45, 2.75) is 18.4 Å². The second-order valence-corrected chi connectivity index (χ2v) is 6.58. The molecule has 9 heteroatoms. The Bertz CT molecular complexity index is 702. The van der Waals surface area contributed by atoms with Crippen LogP contribution in [0.1, 0.15) is 12.8 Å². The Labute approximate surface area is 148 Å². The van der Waals surface area contributed by atoms with Crippen LogP contribution in [-0.4, -0.2) is 48.0 Å². The van der Waals surface area contributed by atoms with Crippen LogP contribution in [0, 0.1) is 0 Å². The summed E-state index contributed by atoms with van der Waals surface area (Å²) in [7, 11) is 0. The van der Waals surface area contributed by atoms with Crippen molar-refractivity contribution in [1.82, 2.24) is 15.5 Å². The lowest BCUT2D eigenvalue weighted by atomic mass is 9.88. The largest absolute Gasteiger partial charge is 0.482 e. The summed E-state index contributed by atoms with van der Waals surface area (Å²) >= 11 is 11.9. The van der Waals surface area contributed by atoms with Gasteiger partial charge in [0.25, 0.3) is 11.8 Å². The first-order valence-corrected chi connectivity index (χ1v) is 8.14. The highest BCUT2D eigenvalue weighted by atomic mass is 35.5. The molecule has 3 rings (SSSR count). The van der Waals surface area contributed by atoms with Gasteiger partial charge in [0.15, 0.2) is 6.61 Å². The van der Waals surface area contributed by atoms with Crippen molar-refractivity contribution in [3.63, 3.8) is 0 Å². The molecule has 0 bridgehead atoms. The molecule has 2 N–H and O–H groups in total. The monoisotopic (exact) mass is 371 g/mol. The zero-order valence-corrected chi connectivity index (χ0v) is 14.1. The highest BCUT2D eigenvalue weighted by molar-refractivity contribution is 6.34. The molecule has 0 atom stereocenters. The van der Waals surface area contributed by atoms with Gasteiger partial charge in [0.05, 0.1) is 5.02 Å². The SMILES string of the molecule is O=C1NC(=O)C2(CCN(C(=O)COc3cc(Cl)ccc3Cl)CC2)N1. The Morgan fingerprint density at radius 2 is 1.96 bits per heavy atom. The number of nitrogens with zero attached hydrogens (tertiary/aromatic N) is 1.